The van der Waals surface area contributed by atoms with E-state index in [0.717, 1.165) is 27.5 Å². The van der Waals surface area contributed by atoms with Gasteiger partial charge in [0.05, 0.1) is 10.2 Å². The molecule has 1 aliphatic rings. The molecule has 6 heteroatoms. The summed E-state index contributed by atoms with van der Waals surface area (Å²) in [6.45, 7) is 0. The molecule has 0 radical (unpaired) electrons. The largest absolute Gasteiger partial charge is 0.335 e. The van der Waals surface area contributed by atoms with Crippen LogP contribution in [-0.2, 0) is 0 Å². The molecule has 0 unspecified atom stereocenters. The highest BCUT2D eigenvalue weighted by atomic mass is 79.9. The summed E-state index contributed by atoms with van der Waals surface area (Å²) < 4.78 is 2.01. The maximum absolute atomic E-state index is 12.0. The minimum Gasteiger partial charge on any atom is -0.335 e. The van der Waals surface area contributed by atoms with E-state index < -0.39 is 0 Å². The first-order valence-corrected chi connectivity index (χ1v) is 8.46. The maximum Gasteiger partial charge on any atom is 0.321 e. The first-order valence-electron chi connectivity index (χ1n) is 6.85. The van der Waals surface area contributed by atoms with Gasteiger partial charge in [0.1, 0.15) is 0 Å². The van der Waals surface area contributed by atoms with E-state index in [2.05, 4.69) is 31.5 Å². The van der Waals surface area contributed by atoms with E-state index in [4.69, 9.17) is 0 Å². The van der Waals surface area contributed by atoms with Gasteiger partial charge in [0, 0.05) is 10.5 Å². The fourth-order valence-corrected chi connectivity index (χ4v) is 4.01. The minimum atomic E-state index is -0.146. The number of carbonyl (C=O) groups excluding carboxylic acids is 1. The van der Waals surface area contributed by atoms with Crippen molar-refractivity contribution in [2.24, 2.45) is 0 Å². The maximum atomic E-state index is 12.0. The van der Waals surface area contributed by atoms with Gasteiger partial charge in [-0.15, -0.1) is 0 Å². The summed E-state index contributed by atoms with van der Waals surface area (Å²) in [6, 6.07) is 6.09. The topological polar surface area (TPSA) is 54.0 Å². The molecule has 2 N–H and O–H groups in total. The molecule has 0 atom stereocenters. The average molecular weight is 354 g/mol. The Balaban J connectivity index is 1.66. The second kappa shape index (κ2) is 6.10. The summed E-state index contributed by atoms with van der Waals surface area (Å²) in [5.41, 5.74) is 0.894. The molecule has 0 bridgehead atoms. The van der Waals surface area contributed by atoms with Gasteiger partial charge in [0.2, 0.25) is 0 Å². The highest BCUT2D eigenvalue weighted by Gasteiger charge is 2.16. The second-order valence-corrected chi connectivity index (χ2v) is 6.92. The van der Waals surface area contributed by atoms with Crippen molar-refractivity contribution in [3.63, 3.8) is 0 Å². The van der Waals surface area contributed by atoms with E-state index in [0.29, 0.717) is 11.2 Å². The molecule has 0 aliphatic heterocycles. The van der Waals surface area contributed by atoms with Gasteiger partial charge >= 0.3 is 6.03 Å². The van der Waals surface area contributed by atoms with E-state index in [-0.39, 0.29) is 6.03 Å². The lowest BCUT2D eigenvalue weighted by Gasteiger charge is -2.22. The number of rotatable bonds is 2. The number of benzene rings is 1. The fourth-order valence-electron chi connectivity index (χ4n) is 2.53. The summed E-state index contributed by atoms with van der Waals surface area (Å²) >= 11 is 4.96. The van der Waals surface area contributed by atoms with E-state index in [1.54, 1.807) is 0 Å². The lowest BCUT2D eigenvalue weighted by atomic mass is 9.96. The number of nitrogens with one attached hydrogen (secondary N) is 2. The Bertz CT molecular complexity index is 622. The number of thiazole rings is 1. The van der Waals surface area contributed by atoms with Crippen molar-refractivity contribution in [2.45, 2.75) is 38.1 Å². The van der Waals surface area contributed by atoms with Crippen molar-refractivity contribution in [3.8, 4) is 0 Å². The Morgan fingerprint density at radius 3 is 2.85 bits per heavy atom. The number of urea groups is 1. The summed E-state index contributed by atoms with van der Waals surface area (Å²) in [5, 5.41) is 6.51. The van der Waals surface area contributed by atoms with Crippen LogP contribution in [0.3, 0.4) is 0 Å². The molecule has 2 amide bonds. The highest BCUT2D eigenvalue weighted by Crippen LogP contribution is 2.30. The number of anilines is 1. The standard InChI is InChI=1S/C14H16BrN3OS/c15-10-7-4-8-11-12(10)17-14(20-11)18-13(19)16-9-5-2-1-3-6-9/h4,7-9H,1-3,5-6H2,(H2,16,17,18,19). The average Bonchev–Trinajstić information content (AvgIpc) is 2.83. The monoisotopic (exact) mass is 353 g/mol. The molecular weight excluding hydrogens is 338 g/mol. The van der Waals surface area contributed by atoms with Gasteiger partial charge in [0.15, 0.2) is 5.13 Å². The summed E-state index contributed by atoms with van der Waals surface area (Å²) in [7, 11) is 0. The lowest BCUT2D eigenvalue weighted by molar-refractivity contribution is 0.244. The van der Waals surface area contributed by atoms with Crippen LogP contribution >= 0.6 is 27.3 Å². The number of amides is 2. The van der Waals surface area contributed by atoms with E-state index in [9.17, 15) is 4.79 Å². The van der Waals surface area contributed by atoms with Gasteiger partial charge in [-0.05, 0) is 40.9 Å². The highest BCUT2D eigenvalue weighted by molar-refractivity contribution is 9.10. The second-order valence-electron chi connectivity index (χ2n) is 5.04. The molecule has 0 saturated heterocycles. The smallest absolute Gasteiger partial charge is 0.321 e. The third kappa shape index (κ3) is 3.12. The normalized spacial score (nSPS) is 16.2. The van der Waals surface area contributed by atoms with Crippen molar-refractivity contribution in [1.29, 1.82) is 0 Å². The van der Waals surface area contributed by atoms with Gasteiger partial charge in [-0.25, -0.2) is 9.78 Å². The number of fused-ring (bicyclic) bond motifs is 1. The number of aromatic nitrogens is 1. The molecule has 1 aromatic carbocycles. The molecule has 4 nitrogen and oxygen atoms in total. The number of carbonyl (C=O) groups is 1. The number of nitrogens with zero attached hydrogens (tertiary/aromatic N) is 1. The SMILES string of the molecule is O=C(Nc1nc2c(Br)cccc2s1)NC1CCCCC1. The predicted molar refractivity (Wildman–Crippen MR) is 86.3 cm³/mol. The molecule has 1 fully saturated rings. The van der Waals surface area contributed by atoms with Crippen molar-refractivity contribution < 1.29 is 4.79 Å². The zero-order valence-electron chi connectivity index (χ0n) is 11.0. The summed E-state index contributed by atoms with van der Waals surface area (Å²) in [4.78, 5) is 16.4. The van der Waals surface area contributed by atoms with Gasteiger partial charge in [-0.2, -0.15) is 0 Å². The van der Waals surface area contributed by atoms with Gasteiger partial charge in [-0.1, -0.05) is 36.7 Å². The summed E-state index contributed by atoms with van der Waals surface area (Å²) in [6.07, 6.45) is 5.86. The van der Waals surface area contributed by atoms with E-state index in [1.165, 1.54) is 30.6 Å². The van der Waals surface area contributed by atoms with Crippen LogP contribution in [0.1, 0.15) is 32.1 Å². The van der Waals surface area contributed by atoms with E-state index in [1.807, 2.05) is 18.2 Å². The fraction of sp³-hybridized carbons (Fsp3) is 0.429. The number of para-hydroxylation sites is 1. The molecule has 1 saturated carbocycles. The van der Waals surface area contributed by atoms with Crippen molar-refractivity contribution in [1.82, 2.24) is 10.3 Å². The van der Waals surface area contributed by atoms with Gasteiger partial charge in [-0.3, -0.25) is 5.32 Å². The van der Waals surface area contributed by atoms with Crippen LogP contribution in [0.25, 0.3) is 10.2 Å². The van der Waals surface area contributed by atoms with Crippen molar-refractivity contribution >= 4 is 48.6 Å². The van der Waals surface area contributed by atoms with Crippen molar-refractivity contribution in [2.75, 3.05) is 5.32 Å². The first kappa shape index (κ1) is 13.8. The Morgan fingerprint density at radius 2 is 2.10 bits per heavy atom. The molecule has 2 aromatic rings. The van der Waals surface area contributed by atoms with Crippen LogP contribution in [-0.4, -0.2) is 17.1 Å². The zero-order chi connectivity index (χ0) is 13.9. The molecule has 0 spiro atoms. The molecule has 1 aromatic heterocycles. The Labute approximate surface area is 130 Å². The third-order valence-electron chi connectivity index (χ3n) is 3.53. The summed E-state index contributed by atoms with van der Waals surface area (Å²) in [5.74, 6) is 0. The minimum absolute atomic E-state index is 0.146. The predicted octanol–water partition coefficient (Wildman–Crippen LogP) is 4.51. The van der Waals surface area contributed by atoms with E-state index >= 15 is 0 Å². The Kier molecular flexibility index (Phi) is 4.21. The Morgan fingerprint density at radius 1 is 1.30 bits per heavy atom. The van der Waals surface area contributed by atoms with Gasteiger partial charge < -0.3 is 5.32 Å². The molecule has 3 rings (SSSR count). The first-order chi connectivity index (χ1) is 9.72. The molecule has 1 heterocycles. The molecular formula is C14H16BrN3OS. The van der Waals surface area contributed by atoms with Crippen LogP contribution in [0.5, 0.6) is 0 Å². The number of halogens is 1. The van der Waals surface area contributed by atoms with Crippen LogP contribution in [0.15, 0.2) is 22.7 Å². The van der Waals surface area contributed by atoms with Crippen LogP contribution < -0.4 is 10.6 Å². The van der Waals surface area contributed by atoms with Crippen LogP contribution in [0.4, 0.5) is 9.93 Å². The van der Waals surface area contributed by atoms with Gasteiger partial charge in [0.25, 0.3) is 0 Å². The lowest BCUT2D eigenvalue weighted by Crippen LogP contribution is -2.38. The molecule has 20 heavy (non-hydrogen) atoms. The quantitative estimate of drug-likeness (QED) is 0.834. The number of hydrogen-bond acceptors (Lipinski definition) is 3. The Hall–Kier alpha value is -1.14. The molecule has 106 valence electrons. The van der Waals surface area contributed by atoms with Crippen LogP contribution in [0, 0.1) is 0 Å². The zero-order valence-corrected chi connectivity index (χ0v) is 13.4. The van der Waals surface area contributed by atoms with Crippen LogP contribution in [0.2, 0.25) is 0 Å². The third-order valence-corrected chi connectivity index (χ3v) is 5.11. The number of hydrogen-bond donors (Lipinski definition) is 2. The molecule has 1 aliphatic carbocycles. The van der Waals surface area contributed by atoms with Crippen molar-refractivity contribution in [3.05, 3.63) is 22.7 Å².